The van der Waals surface area contributed by atoms with E-state index in [1.54, 1.807) is 11.9 Å². The van der Waals surface area contributed by atoms with Crippen molar-refractivity contribution >= 4 is 23.3 Å². The third kappa shape index (κ3) is 3.28. The standard InChI is InChI=1S/C13H15N3O5/c1-15-7-9(3-5-12(15)17)14-8-2-4-11(16(20)21)10(6-8)13(18)19/h2,4,6,9,14H,3,5,7H2,1H3,(H,18,19). The number of likely N-dealkylation sites (N-methyl/N-ethyl adjacent to an activating group) is 1. The highest BCUT2D eigenvalue weighted by Crippen LogP contribution is 2.24. The van der Waals surface area contributed by atoms with Gasteiger partial charge in [-0.3, -0.25) is 14.9 Å². The van der Waals surface area contributed by atoms with Crippen LogP contribution in [0.5, 0.6) is 0 Å². The first kappa shape index (κ1) is 14.8. The third-order valence-electron chi connectivity index (χ3n) is 3.42. The Morgan fingerprint density at radius 3 is 2.81 bits per heavy atom. The highest BCUT2D eigenvalue weighted by atomic mass is 16.6. The van der Waals surface area contributed by atoms with Gasteiger partial charge in [-0.25, -0.2) is 4.79 Å². The molecule has 1 atom stereocenters. The minimum atomic E-state index is -1.35. The van der Waals surface area contributed by atoms with Crippen LogP contribution in [0.1, 0.15) is 23.2 Å². The predicted octanol–water partition coefficient (Wildman–Crippen LogP) is 1.33. The Labute approximate surface area is 120 Å². The monoisotopic (exact) mass is 293 g/mol. The van der Waals surface area contributed by atoms with Crippen LogP contribution < -0.4 is 5.32 Å². The summed E-state index contributed by atoms with van der Waals surface area (Å²) in [6.07, 6.45) is 1.06. The van der Waals surface area contributed by atoms with Crippen molar-refractivity contribution in [2.24, 2.45) is 0 Å². The van der Waals surface area contributed by atoms with Gasteiger partial charge in [0.1, 0.15) is 5.56 Å². The smallest absolute Gasteiger partial charge is 0.342 e. The molecule has 0 bridgehead atoms. The number of carbonyl (C=O) groups is 2. The molecule has 8 heteroatoms. The number of anilines is 1. The molecule has 21 heavy (non-hydrogen) atoms. The highest BCUT2D eigenvalue weighted by molar-refractivity contribution is 5.93. The predicted molar refractivity (Wildman–Crippen MR) is 74.3 cm³/mol. The fourth-order valence-electron chi connectivity index (χ4n) is 2.32. The van der Waals surface area contributed by atoms with Crippen LogP contribution in [0.2, 0.25) is 0 Å². The van der Waals surface area contributed by atoms with E-state index in [2.05, 4.69) is 5.32 Å². The van der Waals surface area contributed by atoms with Gasteiger partial charge in [-0.1, -0.05) is 0 Å². The van der Waals surface area contributed by atoms with Gasteiger partial charge in [-0.05, 0) is 18.6 Å². The van der Waals surface area contributed by atoms with Crippen LogP contribution in [0, 0.1) is 10.1 Å². The molecule has 2 rings (SSSR count). The summed E-state index contributed by atoms with van der Waals surface area (Å²) in [6, 6.07) is 3.89. The summed E-state index contributed by atoms with van der Waals surface area (Å²) >= 11 is 0. The molecule has 1 amide bonds. The quantitative estimate of drug-likeness (QED) is 0.639. The van der Waals surface area contributed by atoms with Crippen molar-refractivity contribution in [2.75, 3.05) is 18.9 Å². The van der Waals surface area contributed by atoms with Crippen molar-refractivity contribution in [3.8, 4) is 0 Å². The number of rotatable bonds is 4. The number of carboxylic acids is 1. The summed E-state index contributed by atoms with van der Waals surface area (Å²) in [5.74, 6) is -1.27. The molecule has 0 saturated carbocycles. The van der Waals surface area contributed by atoms with Gasteiger partial charge in [-0.2, -0.15) is 0 Å². The second-order valence-corrected chi connectivity index (χ2v) is 4.95. The van der Waals surface area contributed by atoms with Gasteiger partial charge in [0.05, 0.1) is 4.92 Å². The molecule has 1 aromatic carbocycles. The lowest BCUT2D eigenvalue weighted by atomic mass is 10.0. The molecule has 1 unspecified atom stereocenters. The van der Waals surface area contributed by atoms with E-state index in [1.165, 1.54) is 18.2 Å². The number of aromatic carboxylic acids is 1. The molecule has 1 heterocycles. The summed E-state index contributed by atoms with van der Waals surface area (Å²) in [5, 5.41) is 22.9. The van der Waals surface area contributed by atoms with Gasteiger partial charge in [0.25, 0.3) is 5.69 Å². The zero-order valence-electron chi connectivity index (χ0n) is 11.4. The number of nitrogens with one attached hydrogen (secondary N) is 1. The molecule has 0 aromatic heterocycles. The number of nitro groups is 1. The van der Waals surface area contributed by atoms with E-state index in [1.807, 2.05) is 0 Å². The number of benzene rings is 1. The molecule has 112 valence electrons. The first-order valence-corrected chi connectivity index (χ1v) is 6.40. The average Bonchev–Trinajstić information content (AvgIpc) is 2.42. The fraction of sp³-hybridized carbons (Fsp3) is 0.385. The first-order valence-electron chi connectivity index (χ1n) is 6.40. The minimum absolute atomic E-state index is 0.00389. The van der Waals surface area contributed by atoms with Gasteiger partial charge < -0.3 is 15.3 Å². The zero-order chi connectivity index (χ0) is 15.6. The summed E-state index contributed by atoms with van der Waals surface area (Å²) in [4.78, 5) is 34.1. The van der Waals surface area contributed by atoms with Crippen LogP contribution >= 0.6 is 0 Å². The van der Waals surface area contributed by atoms with Crippen LogP contribution in [-0.2, 0) is 4.79 Å². The normalized spacial score (nSPS) is 18.4. The van der Waals surface area contributed by atoms with E-state index < -0.39 is 16.6 Å². The lowest BCUT2D eigenvalue weighted by Crippen LogP contribution is -2.43. The van der Waals surface area contributed by atoms with E-state index in [-0.39, 0.29) is 17.5 Å². The maximum Gasteiger partial charge on any atom is 0.342 e. The van der Waals surface area contributed by atoms with Gasteiger partial charge in [-0.15, -0.1) is 0 Å². The molecule has 0 aliphatic carbocycles. The van der Waals surface area contributed by atoms with Gasteiger partial charge >= 0.3 is 5.97 Å². The van der Waals surface area contributed by atoms with E-state index in [4.69, 9.17) is 5.11 Å². The van der Waals surface area contributed by atoms with Gasteiger partial charge in [0.15, 0.2) is 0 Å². The van der Waals surface area contributed by atoms with Crippen molar-refractivity contribution in [1.82, 2.24) is 4.90 Å². The third-order valence-corrected chi connectivity index (χ3v) is 3.42. The molecule has 1 saturated heterocycles. The van der Waals surface area contributed by atoms with Gasteiger partial charge in [0.2, 0.25) is 5.91 Å². The van der Waals surface area contributed by atoms with Crippen molar-refractivity contribution < 1.29 is 19.6 Å². The average molecular weight is 293 g/mol. The van der Waals surface area contributed by atoms with Crippen LogP contribution in [-0.4, -0.2) is 46.4 Å². The number of likely N-dealkylation sites (tertiary alicyclic amines) is 1. The topological polar surface area (TPSA) is 113 Å². The van der Waals surface area contributed by atoms with E-state index in [0.29, 0.717) is 25.1 Å². The van der Waals surface area contributed by atoms with Crippen molar-refractivity contribution in [3.63, 3.8) is 0 Å². The molecule has 1 fully saturated rings. The molecular formula is C13H15N3O5. The van der Waals surface area contributed by atoms with Crippen molar-refractivity contribution in [2.45, 2.75) is 18.9 Å². The van der Waals surface area contributed by atoms with E-state index >= 15 is 0 Å². The maximum absolute atomic E-state index is 11.4. The number of nitrogens with zero attached hydrogens (tertiary/aromatic N) is 2. The Balaban J connectivity index is 2.18. The summed E-state index contributed by atoms with van der Waals surface area (Å²) in [5.41, 5.74) is -0.306. The highest BCUT2D eigenvalue weighted by Gasteiger charge is 2.24. The van der Waals surface area contributed by atoms with Crippen LogP contribution in [0.25, 0.3) is 0 Å². The van der Waals surface area contributed by atoms with Gasteiger partial charge in [0, 0.05) is 37.8 Å². The molecular weight excluding hydrogens is 278 g/mol. The SMILES string of the molecule is CN1CC(Nc2ccc([N+](=O)[O-])c(C(=O)O)c2)CCC1=O. The minimum Gasteiger partial charge on any atom is -0.477 e. The van der Waals surface area contributed by atoms with Crippen LogP contribution in [0.3, 0.4) is 0 Å². The second-order valence-electron chi connectivity index (χ2n) is 4.95. The summed E-state index contributed by atoms with van der Waals surface area (Å²) < 4.78 is 0. The first-order chi connectivity index (χ1) is 9.88. The Morgan fingerprint density at radius 2 is 2.24 bits per heavy atom. The molecule has 0 radical (unpaired) electrons. The zero-order valence-corrected chi connectivity index (χ0v) is 11.4. The Kier molecular flexibility index (Phi) is 4.06. The largest absolute Gasteiger partial charge is 0.477 e. The Morgan fingerprint density at radius 1 is 1.52 bits per heavy atom. The molecule has 8 nitrogen and oxygen atoms in total. The van der Waals surface area contributed by atoms with Crippen LogP contribution in [0.4, 0.5) is 11.4 Å². The van der Waals surface area contributed by atoms with Crippen molar-refractivity contribution in [1.29, 1.82) is 0 Å². The number of piperidine rings is 1. The number of amides is 1. The lowest BCUT2D eigenvalue weighted by molar-refractivity contribution is -0.385. The van der Waals surface area contributed by atoms with E-state index in [9.17, 15) is 19.7 Å². The number of carbonyl (C=O) groups excluding carboxylic acids is 1. The summed E-state index contributed by atoms with van der Waals surface area (Å²) in [7, 11) is 1.70. The molecule has 0 spiro atoms. The summed E-state index contributed by atoms with van der Waals surface area (Å²) in [6.45, 7) is 0.512. The molecule has 1 aliphatic heterocycles. The maximum atomic E-state index is 11.4. The molecule has 1 aromatic rings. The number of nitro benzene ring substituents is 1. The number of hydrogen-bond acceptors (Lipinski definition) is 5. The van der Waals surface area contributed by atoms with Crippen molar-refractivity contribution in [3.05, 3.63) is 33.9 Å². The van der Waals surface area contributed by atoms with E-state index in [0.717, 1.165) is 0 Å². The lowest BCUT2D eigenvalue weighted by Gasteiger charge is -2.30. The number of carboxylic acid groups (broad SMARTS) is 1. The Bertz CT molecular complexity index is 601. The van der Waals surface area contributed by atoms with Crippen LogP contribution in [0.15, 0.2) is 18.2 Å². The fourth-order valence-corrected chi connectivity index (χ4v) is 2.32. The molecule has 2 N–H and O–H groups in total. The molecule has 1 aliphatic rings. The Hall–Kier alpha value is -2.64. The second kappa shape index (κ2) is 5.78. The number of hydrogen-bond donors (Lipinski definition) is 2.